The Morgan fingerprint density at radius 1 is 0.889 bits per heavy atom. The van der Waals surface area contributed by atoms with Gasteiger partial charge in [0.05, 0.1) is 31.1 Å². The highest BCUT2D eigenvalue weighted by molar-refractivity contribution is 7.92. The Bertz CT molecular complexity index is 1460. The van der Waals surface area contributed by atoms with E-state index in [-0.39, 0.29) is 16.3 Å². The lowest BCUT2D eigenvalue weighted by Crippen LogP contribution is -2.37. The van der Waals surface area contributed by atoms with Crippen LogP contribution in [0, 0.1) is 6.92 Å². The number of nitrogens with zero attached hydrogens (tertiary/aromatic N) is 1. The van der Waals surface area contributed by atoms with Crippen LogP contribution >= 0.6 is 0 Å². The monoisotopic (exact) mass is 533 g/mol. The van der Waals surface area contributed by atoms with Crippen LogP contribution in [0.1, 0.15) is 5.56 Å². The molecule has 2 N–H and O–H groups in total. The Balaban J connectivity index is 1.76. The summed E-state index contributed by atoms with van der Waals surface area (Å²) in [6, 6.07) is 17.0. The number of nitrogens with one attached hydrogen (secondary N) is 2. The van der Waals surface area contributed by atoms with Gasteiger partial charge in [0.2, 0.25) is 15.9 Å². The second-order valence-electron chi connectivity index (χ2n) is 7.85. The molecule has 0 bridgehead atoms. The summed E-state index contributed by atoms with van der Waals surface area (Å²) in [5.41, 5.74) is 1.77. The molecule has 0 fully saturated rings. The molecule has 10 nitrogen and oxygen atoms in total. The maximum Gasteiger partial charge on any atom is 0.261 e. The van der Waals surface area contributed by atoms with Crippen LogP contribution in [0.3, 0.4) is 0 Å². The molecule has 0 aliphatic heterocycles. The van der Waals surface area contributed by atoms with Crippen molar-refractivity contribution in [3.8, 4) is 11.5 Å². The van der Waals surface area contributed by atoms with E-state index in [0.29, 0.717) is 17.1 Å². The van der Waals surface area contributed by atoms with Crippen molar-refractivity contribution in [2.24, 2.45) is 0 Å². The minimum absolute atomic E-state index is 0.000819. The first-order chi connectivity index (χ1) is 16.9. The van der Waals surface area contributed by atoms with Crippen LogP contribution in [0.25, 0.3) is 0 Å². The van der Waals surface area contributed by atoms with Crippen LogP contribution in [0.15, 0.2) is 71.6 Å². The van der Waals surface area contributed by atoms with Crippen molar-refractivity contribution in [3.63, 3.8) is 0 Å². The number of amides is 1. The summed E-state index contributed by atoms with van der Waals surface area (Å²) >= 11 is 0. The number of hydrogen-bond donors (Lipinski definition) is 2. The normalized spacial score (nSPS) is 11.4. The first-order valence-corrected chi connectivity index (χ1v) is 14.0. The third-order valence-corrected chi connectivity index (χ3v) is 7.58. The van der Waals surface area contributed by atoms with Gasteiger partial charge in [0.1, 0.15) is 18.0 Å². The summed E-state index contributed by atoms with van der Waals surface area (Å²) in [6.07, 6.45) is 0.972. The number of ether oxygens (including phenoxy) is 2. The minimum atomic E-state index is -3.87. The topological polar surface area (TPSA) is 131 Å². The molecule has 0 heterocycles. The third-order valence-electron chi connectivity index (χ3n) is 5.06. The maximum absolute atomic E-state index is 12.7. The largest absolute Gasteiger partial charge is 0.497 e. The van der Waals surface area contributed by atoms with E-state index >= 15 is 0 Å². The van der Waals surface area contributed by atoms with Crippen molar-refractivity contribution in [2.75, 3.05) is 41.4 Å². The lowest BCUT2D eigenvalue weighted by atomic mass is 10.2. The van der Waals surface area contributed by atoms with E-state index in [1.54, 1.807) is 24.3 Å². The standard InChI is InChI=1S/C24H27N3O7S2/c1-17-6-5-7-19(14-17)26-36(31,32)21-11-8-18(9-12-21)25-24(28)16-27(35(4,29)30)22-15-20(33-2)10-13-23(22)34-3/h5-15,26H,16H2,1-4H3,(H,25,28). The van der Waals surface area contributed by atoms with E-state index in [0.717, 1.165) is 16.1 Å². The summed E-state index contributed by atoms with van der Waals surface area (Å²) in [4.78, 5) is 12.7. The van der Waals surface area contributed by atoms with Gasteiger partial charge in [-0.3, -0.25) is 13.8 Å². The van der Waals surface area contributed by atoms with Gasteiger partial charge in [-0.2, -0.15) is 0 Å². The van der Waals surface area contributed by atoms with Crippen molar-refractivity contribution < 1.29 is 31.1 Å². The van der Waals surface area contributed by atoms with Gasteiger partial charge in [0.15, 0.2) is 0 Å². The molecule has 3 aromatic carbocycles. The molecule has 0 saturated carbocycles. The van der Waals surface area contributed by atoms with Crippen molar-refractivity contribution in [1.29, 1.82) is 0 Å². The number of methoxy groups -OCH3 is 2. The first-order valence-electron chi connectivity index (χ1n) is 10.6. The second-order valence-corrected chi connectivity index (χ2v) is 11.4. The average Bonchev–Trinajstić information content (AvgIpc) is 2.81. The Hall–Kier alpha value is -3.77. The average molecular weight is 534 g/mol. The van der Waals surface area contributed by atoms with Crippen LogP contribution in [0.4, 0.5) is 17.1 Å². The molecule has 0 saturated heterocycles. The van der Waals surface area contributed by atoms with Gasteiger partial charge in [-0.25, -0.2) is 16.8 Å². The summed E-state index contributed by atoms with van der Waals surface area (Å²) in [7, 11) is -4.89. The zero-order valence-electron chi connectivity index (χ0n) is 20.2. The quantitative estimate of drug-likeness (QED) is 0.409. The Kier molecular flexibility index (Phi) is 8.10. The zero-order chi connectivity index (χ0) is 26.5. The summed E-state index contributed by atoms with van der Waals surface area (Å²) in [6.45, 7) is 1.31. The number of anilines is 3. The van der Waals surface area contributed by atoms with Crippen LogP contribution in [0.5, 0.6) is 11.5 Å². The summed E-state index contributed by atoms with van der Waals surface area (Å²) < 4.78 is 64.2. The zero-order valence-corrected chi connectivity index (χ0v) is 21.8. The van der Waals surface area contributed by atoms with E-state index in [2.05, 4.69) is 10.0 Å². The molecule has 192 valence electrons. The third kappa shape index (κ3) is 6.67. The Morgan fingerprint density at radius 3 is 2.17 bits per heavy atom. The lowest BCUT2D eigenvalue weighted by molar-refractivity contribution is -0.114. The molecule has 0 atom stereocenters. The van der Waals surface area contributed by atoms with Gasteiger partial charge >= 0.3 is 0 Å². The van der Waals surface area contributed by atoms with Crippen LogP contribution in [0.2, 0.25) is 0 Å². The van der Waals surface area contributed by atoms with E-state index in [9.17, 15) is 21.6 Å². The molecule has 0 unspecified atom stereocenters. The molecular weight excluding hydrogens is 506 g/mol. The fourth-order valence-corrected chi connectivity index (χ4v) is 5.24. The molecule has 3 aromatic rings. The lowest BCUT2D eigenvalue weighted by Gasteiger charge is -2.24. The number of carbonyl (C=O) groups excluding carboxylic acids is 1. The van der Waals surface area contributed by atoms with Gasteiger partial charge in [-0.05, 0) is 61.0 Å². The van der Waals surface area contributed by atoms with Gasteiger partial charge in [-0.1, -0.05) is 12.1 Å². The smallest absolute Gasteiger partial charge is 0.261 e. The van der Waals surface area contributed by atoms with Crippen molar-refractivity contribution in [1.82, 2.24) is 0 Å². The number of sulfonamides is 2. The van der Waals surface area contributed by atoms with Gasteiger partial charge in [0.25, 0.3) is 10.0 Å². The van der Waals surface area contributed by atoms with Crippen LogP contribution in [-0.4, -0.2) is 49.8 Å². The van der Waals surface area contributed by atoms with Crippen LogP contribution < -0.4 is 23.8 Å². The number of carbonyl (C=O) groups is 1. The summed E-state index contributed by atoms with van der Waals surface area (Å²) in [5, 5.41) is 2.58. The highest BCUT2D eigenvalue weighted by atomic mass is 32.2. The molecule has 36 heavy (non-hydrogen) atoms. The van der Waals surface area contributed by atoms with Crippen LogP contribution in [-0.2, 0) is 24.8 Å². The van der Waals surface area contributed by atoms with E-state index in [4.69, 9.17) is 9.47 Å². The second kappa shape index (κ2) is 10.9. The molecule has 12 heteroatoms. The van der Waals surface area contributed by atoms with Gasteiger partial charge in [0, 0.05) is 17.4 Å². The maximum atomic E-state index is 12.7. The summed E-state index contributed by atoms with van der Waals surface area (Å²) in [5.74, 6) is -0.0144. The molecule has 0 aliphatic rings. The van der Waals surface area contributed by atoms with Gasteiger partial charge in [-0.15, -0.1) is 0 Å². The number of hydrogen-bond acceptors (Lipinski definition) is 7. The molecule has 1 amide bonds. The molecule has 0 aromatic heterocycles. The predicted molar refractivity (Wildman–Crippen MR) is 139 cm³/mol. The Labute approximate surface area is 211 Å². The first kappa shape index (κ1) is 26.8. The molecule has 0 aliphatic carbocycles. The van der Waals surface area contributed by atoms with Crippen molar-refractivity contribution in [3.05, 3.63) is 72.3 Å². The van der Waals surface area contributed by atoms with Crippen molar-refractivity contribution >= 4 is 43.0 Å². The highest BCUT2D eigenvalue weighted by Crippen LogP contribution is 2.33. The minimum Gasteiger partial charge on any atom is -0.497 e. The van der Waals surface area contributed by atoms with Crippen molar-refractivity contribution in [2.45, 2.75) is 11.8 Å². The van der Waals surface area contributed by atoms with Gasteiger partial charge < -0.3 is 14.8 Å². The van der Waals surface area contributed by atoms with E-state index in [1.165, 1.54) is 50.6 Å². The highest BCUT2D eigenvalue weighted by Gasteiger charge is 2.25. The Morgan fingerprint density at radius 2 is 1.58 bits per heavy atom. The number of rotatable bonds is 10. The number of aryl methyl sites for hydroxylation is 1. The van der Waals surface area contributed by atoms with E-state index in [1.807, 2.05) is 13.0 Å². The molecular formula is C24H27N3O7S2. The fourth-order valence-electron chi connectivity index (χ4n) is 3.34. The van der Waals surface area contributed by atoms with E-state index < -0.39 is 32.5 Å². The molecule has 0 spiro atoms. The molecule has 0 radical (unpaired) electrons. The SMILES string of the molecule is COc1ccc(OC)c(N(CC(=O)Nc2ccc(S(=O)(=O)Nc3cccc(C)c3)cc2)S(C)(=O)=O)c1. The predicted octanol–water partition coefficient (Wildman–Crippen LogP) is 3.22. The molecule has 3 rings (SSSR count). The fraction of sp³-hybridized carbons (Fsp3) is 0.208. The number of benzene rings is 3.